The molecule has 4 rings (SSSR count). The number of aromatic nitrogens is 2. The van der Waals surface area contributed by atoms with E-state index in [1.54, 1.807) is 18.3 Å². The first kappa shape index (κ1) is 19.8. The highest BCUT2D eigenvalue weighted by atomic mass is 35.5. The molecule has 2 aromatic heterocycles. The molecule has 0 bridgehead atoms. The number of carbonyl (C=O) groups is 2. The predicted octanol–water partition coefficient (Wildman–Crippen LogP) is 1.70. The van der Waals surface area contributed by atoms with Gasteiger partial charge in [-0.15, -0.1) is 0 Å². The van der Waals surface area contributed by atoms with E-state index in [-0.39, 0.29) is 41.8 Å². The van der Waals surface area contributed by atoms with E-state index >= 15 is 0 Å². The number of carbonyl (C=O) groups excluding carboxylic acids is 2. The molecule has 0 aromatic carbocycles. The van der Waals surface area contributed by atoms with E-state index in [0.717, 1.165) is 5.69 Å². The van der Waals surface area contributed by atoms with Crippen LogP contribution in [0.25, 0.3) is 0 Å². The molecule has 3 heterocycles. The maximum Gasteiger partial charge on any atom is 0.270 e. The van der Waals surface area contributed by atoms with Crippen LogP contribution in [0.2, 0.25) is 5.02 Å². The quantitative estimate of drug-likeness (QED) is 0.793. The van der Waals surface area contributed by atoms with Crippen LogP contribution < -0.4 is 5.32 Å². The van der Waals surface area contributed by atoms with Crippen LogP contribution in [-0.4, -0.2) is 57.0 Å². The third-order valence-corrected chi connectivity index (χ3v) is 6.05. The normalized spacial score (nSPS) is 26.1. The van der Waals surface area contributed by atoms with Gasteiger partial charge in [0.25, 0.3) is 5.91 Å². The largest absolute Gasteiger partial charge is 0.391 e. The van der Waals surface area contributed by atoms with Crippen molar-refractivity contribution >= 4 is 23.4 Å². The standard InChI is InChI=1S/C21H23ClN4O3/c22-15-4-5-17(24-10-15)21(29)25-18-7-13-11-26(12-14(13)8-19(18)27)20(28)9-16-3-1-2-6-23-16/h1-6,10,13-14,18-19,27H,7-9,11-12H2,(H,25,29)/t13-,14+,18-,19-/m0/s1. The lowest BCUT2D eigenvalue weighted by Crippen LogP contribution is -2.49. The van der Waals surface area contributed by atoms with Gasteiger partial charge in [-0.3, -0.25) is 14.6 Å². The summed E-state index contributed by atoms with van der Waals surface area (Å²) in [7, 11) is 0. The first-order valence-electron chi connectivity index (χ1n) is 9.78. The van der Waals surface area contributed by atoms with Crippen molar-refractivity contribution in [3.8, 4) is 0 Å². The van der Waals surface area contributed by atoms with Crippen molar-refractivity contribution in [3.63, 3.8) is 0 Å². The second kappa shape index (κ2) is 8.47. The number of likely N-dealkylation sites (tertiary alicyclic amines) is 1. The van der Waals surface area contributed by atoms with Crippen molar-refractivity contribution in [2.24, 2.45) is 11.8 Å². The molecule has 0 radical (unpaired) electrons. The fourth-order valence-corrected chi connectivity index (χ4v) is 4.42. The number of amides is 2. The summed E-state index contributed by atoms with van der Waals surface area (Å²) in [6.45, 7) is 1.29. The number of nitrogens with one attached hydrogen (secondary N) is 1. The van der Waals surface area contributed by atoms with Crippen LogP contribution in [0.15, 0.2) is 42.7 Å². The van der Waals surface area contributed by atoms with Gasteiger partial charge in [-0.2, -0.15) is 0 Å². The van der Waals surface area contributed by atoms with Gasteiger partial charge in [-0.05, 0) is 48.9 Å². The Morgan fingerprint density at radius 1 is 1.14 bits per heavy atom. The number of fused-ring (bicyclic) bond motifs is 1. The van der Waals surface area contributed by atoms with Gasteiger partial charge < -0.3 is 15.3 Å². The smallest absolute Gasteiger partial charge is 0.270 e. The molecule has 1 saturated heterocycles. The lowest BCUT2D eigenvalue weighted by molar-refractivity contribution is -0.129. The maximum atomic E-state index is 12.6. The molecule has 1 aliphatic heterocycles. The highest BCUT2D eigenvalue weighted by Gasteiger charge is 2.43. The Bertz CT molecular complexity index is 877. The molecule has 4 atom stereocenters. The molecule has 0 unspecified atom stereocenters. The number of halogens is 1. The molecule has 0 spiro atoms. The van der Waals surface area contributed by atoms with Crippen LogP contribution in [0.1, 0.15) is 29.0 Å². The second-order valence-corrected chi connectivity index (χ2v) is 8.23. The summed E-state index contributed by atoms with van der Waals surface area (Å²) < 4.78 is 0. The number of aliphatic hydroxyl groups excluding tert-OH is 1. The van der Waals surface area contributed by atoms with Crippen LogP contribution in [0.4, 0.5) is 0 Å². The minimum atomic E-state index is -0.640. The van der Waals surface area contributed by atoms with Crippen LogP contribution in [0.3, 0.4) is 0 Å². The van der Waals surface area contributed by atoms with Crippen LogP contribution in [0, 0.1) is 11.8 Å². The van der Waals surface area contributed by atoms with Gasteiger partial charge in [0.05, 0.1) is 23.6 Å². The highest BCUT2D eigenvalue weighted by Crippen LogP contribution is 2.36. The topological polar surface area (TPSA) is 95.4 Å². The van der Waals surface area contributed by atoms with E-state index in [4.69, 9.17) is 11.6 Å². The highest BCUT2D eigenvalue weighted by molar-refractivity contribution is 6.30. The van der Waals surface area contributed by atoms with E-state index in [1.165, 1.54) is 6.20 Å². The van der Waals surface area contributed by atoms with Crippen LogP contribution in [0.5, 0.6) is 0 Å². The SMILES string of the molecule is O=C(N[C@H]1C[C@H]2CN(C(=O)Cc3ccccn3)C[C@H]2C[C@@H]1O)c1ccc(Cl)cn1. The zero-order chi connectivity index (χ0) is 20.4. The number of hydrogen-bond acceptors (Lipinski definition) is 5. The summed E-state index contributed by atoms with van der Waals surface area (Å²) >= 11 is 5.81. The van der Waals surface area contributed by atoms with E-state index in [1.807, 2.05) is 23.1 Å². The van der Waals surface area contributed by atoms with E-state index < -0.39 is 6.10 Å². The fraction of sp³-hybridized carbons (Fsp3) is 0.429. The van der Waals surface area contributed by atoms with Gasteiger partial charge in [0, 0.05) is 31.2 Å². The second-order valence-electron chi connectivity index (χ2n) is 7.80. The lowest BCUT2D eigenvalue weighted by Gasteiger charge is -2.35. The third-order valence-electron chi connectivity index (χ3n) is 5.83. The van der Waals surface area contributed by atoms with Crippen LogP contribution >= 0.6 is 11.6 Å². The fourth-order valence-electron chi connectivity index (χ4n) is 4.31. The van der Waals surface area contributed by atoms with Crippen molar-refractivity contribution in [3.05, 3.63) is 59.1 Å². The van der Waals surface area contributed by atoms with E-state index in [0.29, 0.717) is 31.0 Å². The van der Waals surface area contributed by atoms with Gasteiger partial charge in [-0.25, -0.2) is 4.98 Å². The molecular formula is C21H23ClN4O3. The number of aliphatic hydroxyl groups is 1. The summed E-state index contributed by atoms with van der Waals surface area (Å²) in [5.74, 6) is 0.234. The first-order valence-corrected chi connectivity index (χ1v) is 10.2. The summed E-state index contributed by atoms with van der Waals surface area (Å²) in [6.07, 6.45) is 3.96. The molecule has 29 heavy (non-hydrogen) atoms. The molecule has 152 valence electrons. The Labute approximate surface area is 174 Å². The molecule has 2 N–H and O–H groups in total. The van der Waals surface area contributed by atoms with E-state index in [9.17, 15) is 14.7 Å². The molecule has 1 saturated carbocycles. The minimum absolute atomic E-state index is 0.0542. The number of rotatable bonds is 4. The predicted molar refractivity (Wildman–Crippen MR) is 107 cm³/mol. The molecule has 7 nitrogen and oxygen atoms in total. The van der Waals surface area contributed by atoms with Crippen molar-refractivity contribution < 1.29 is 14.7 Å². The number of nitrogens with zero attached hydrogens (tertiary/aromatic N) is 3. The number of pyridine rings is 2. The summed E-state index contributed by atoms with van der Waals surface area (Å²) in [6, 6.07) is 8.36. The molecule has 1 aliphatic carbocycles. The van der Waals surface area contributed by atoms with Crippen molar-refractivity contribution in [1.29, 1.82) is 0 Å². The van der Waals surface area contributed by atoms with Gasteiger partial charge in [0.1, 0.15) is 5.69 Å². The maximum absolute atomic E-state index is 12.6. The summed E-state index contributed by atoms with van der Waals surface area (Å²) in [5.41, 5.74) is 1.02. The minimum Gasteiger partial charge on any atom is -0.391 e. The molecular weight excluding hydrogens is 392 g/mol. The van der Waals surface area contributed by atoms with Crippen LogP contribution in [-0.2, 0) is 11.2 Å². The Kier molecular flexibility index (Phi) is 5.78. The average Bonchev–Trinajstić information content (AvgIpc) is 3.12. The Morgan fingerprint density at radius 2 is 1.93 bits per heavy atom. The van der Waals surface area contributed by atoms with Crippen molar-refractivity contribution in [1.82, 2.24) is 20.2 Å². The van der Waals surface area contributed by atoms with E-state index in [2.05, 4.69) is 15.3 Å². The average molecular weight is 415 g/mol. The van der Waals surface area contributed by atoms with Gasteiger partial charge in [-0.1, -0.05) is 17.7 Å². The molecule has 2 aromatic rings. The van der Waals surface area contributed by atoms with Gasteiger partial charge >= 0.3 is 0 Å². The van der Waals surface area contributed by atoms with Crippen molar-refractivity contribution in [2.45, 2.75) is 31.4 Å². The zero-order valence-corrected chi connectivity index (χ0v) is 16.6. The third kappa shape index (κ3) is 4.57. The zero-order valence-electron chi connectivity index (χ0n) is 15.9. The molecule has 2 fully saturated rings. The van der Waals surface area contributed by atoms with Gasteiger partial charge in [0.15, 0.2) is 0 Å². The molecule has 2 amide bonds. The molecule has 2 aliphatic rings. The monoisotopic (exact) mass is 414 g/mol. The Hall–Kier alpha value is -2.51. The Morgan fingerprint density at radius 3 is 2.62 bits per heavy atom. The van der Waals surface area contributed by atoms with Crippen molar-refractivity contribution in [2.75, 3.05) is 13.1 Å². The summed E-state index contributed by atoms with van der Waals surface area (Å²) in [5, 5.41) is 13.9. The molecule has 8 heteroatoms. The Balaban J connectivity index is 1.35. The number of hydrogen-bond donors (Lipinski definition) is 2. The lowest BCUT2D eigenvalue weighted by atomic mass is 9.77. The first-order chi connectivity index (χ1) is 14.0. The summed E-state index contributed by atoms with van der Waals surface area (Å²) in [4.78, 5) is 35.2. The van der Waals surface area contributed by atoms with Gasteiger partial charge in [0.2, 0.25) is 5.91 Å².